The zero-order chi connectivity index (χ0) is 11.2. The SMILES string of the molecule is NNc1nccc(SCc2ccccc2)n1. The van der Waals surface area contributed by atoms with Gasteiger partial charge in [-0.05, 0) is 11.6 Å². The van der Waals surface area contributed by atoms with Crippen LogP contribution in [0.2, 0.25) is 0 Å². The molecule has 5 heteroatoms. The highest BCUT2D eigenvalue weighted by molar-refractivity contribution is 7.98. The zero-order valence-corrected chi connectivity index (χ0v) is 9.45. The highest BCUT2D eigenvalue weighted by Crippen LogP contribution is 2.20. The van der Waals surface area contributed by atoms with Crippen LogP contribution in [-0.2, 0) is 5.75 Å². The number of hydrazine groups is 1. The highest BCUT2D eigenvalue weighted by atomic mass is 32.2. The molecule has 0 atom stereocenters. The summed E-state index contributed by atoms with van der Waals surface area (Å²) in [7, 11) is 0. The van der Waals surface area contributed by atoms with Gasteiger partial charge in [-0.2, -0.15) is 0 Å². The first-order valence-corrected chi connectivity index (χ1v) is 5.83. The molecule has 2 rings (SSSR count). The van der Waals surface area contributed by atoms with E-state index in [0.717, 1.165) is 10.8 Å². The molecule has 0 amide bonds. The van der Waals surface area contributed by atoms with Gasteiger partial charge >= 0.3 is 0 Å². The Morgan fingerprint density at radius 3 is 2.75 bits per heavy atom. The summed E-state index contributed by atoms with van der Waals surface area (Å²) >= 11 is 1.66. The van der Waals surface area contributed by atoms with Gasteiger partial charge in [-0.25, -0.2) is 15.8 Å². The maximum absolute atomic E-state index is 5.24. The average molecular weight is 232 g/mol. The summed E-state index contributed by atoms with van der Waals surface area (Å²) in [6, 6.07) is 12.1. The van der Waals surface area contributed by atoms with Crippen LogP contribution in [0.15, 0.2) is 47.6 Å². The molecule has 16 heavy (non-hydrogen) atoms. The third kappa shape index (κ3) is 2.95. The number of hydrogen-bond donors (Lipinski definition) is 2. The monoisotopic (exact) mass is 232 g/mol. The van der Waals surface area contributed by atoms with E-state index in [9.17, 15) is 0 Å². The second-order valence-corrected chi connectivity index (χ2v) is 4.13. The van der Waals surface area contributed by atoms with Crippen molar-refractivity contribution in [3.63, 3.8) is 0 Å². The van der Waals surface area contributed by atoms with E-state index in [1.807, 2.05) is 24.3 Å². The minimum Gasteiger partial charge on any atom is -0.292 e. The molecule has 0 bridgehead atoms. The Labute approximate surface area is 98.3 Å². The van der Waals surface area contributed by atoms with Gasteiger partial charge in [-0.3, -0.25) is 5.43 Å². The lowest BCUT2D eigenvalue weighted by Gasteiger charge is -2.02. The van der Waals surface area contributed by atoms with Gasteiger partial charge in [0.15, 0.2) is 0 Å². The van der Waals surface area contributed by atoms with Crippen LogP contribution in [0.25, 0.3) is 0 Å². The van der Waals surface area contributed by atoms with Crippen molar-refractivity contribution >= 4 is 17.7 Å². The molecule has 1 aromatic heterocycles. The number of hydrogen-bond acceptors (Lipinski definition) is 5. The first kappa shape index (κ1) is 10.9. The second-order valence-electron chi connectivity index (χ2n) is 3.14. The van der Waals surface area contributed by atoms with E-state index in [4.69, 9.17) is 5.84 Å². The molecule has 0 saturated carbocycles. The quantitative estimate of drug-likeness (QED) is 0.365. The molecule has 0 saturated heterocycles. The molecule has 2 aromatic rings. The molecule has 0 aliphatic rings. The number of nitrogens with zero attached hydrogens (tertiary/aromatic N) is 2. The molecule has 4 nitrogen and oxygen atoms in total. The Morgan fingerprint density at radius 1 is 1.19 bits per heavy atom. The fourth-order valence-corrected chi connectivity index (χ4v) is 2.04. The first-order valence-electron chi connectivity index (χ1n) is 4.85. The number of anilines is 1. The molecule has 82 valence electrons. The summed E-state index contributed by atoms with van der Waals surface area (Å²) in [5, 5.41) is 0.909. The van der Waals surface area contributed by atoms with Crippen LogP contribution < -0.4 is 11.3 Å². The summed E-state index contributed by atoms with van der Waals surface area (Å²) in [5.74, 6) is 6.58. The molecule has 0 radical (unpaired) electrons. The summed E-state index contributed by atoms with van der Waals surface area (Å²) in [5.41, 5.74) is 3.70. The largest absolute Gasteiger partial charge is 0.292 e. The van der Waals surface area contributed by atoms with E-state index in [1.165, 1.54) is 5.56 Å². The van der Waals surface area contributed by atoms with Crippen LogP contribution in [0.5, 0.6) is 0 Å². The topological polar surface area (TPSA) is 63.8 Å². The Balaban J connectivity index is 1.99. The Morgan fingerprint density at radius 2 is 2.00 bits per heavy atom. The number of nitrogens with one attached hydrogen (secondary N) is 1. The van der Waals surface area contributed by atoms with E-state index in [-0.39, 0.29) is 0 Å². The van der Waals surface area contributed by atoms with Crippen molar-refractivity contribution < 1.29 is 0 Å². The van der Waals surface area contributed by atoms with E-state index in [0.29, 0.717) is 5.95 Å². The smallest absolute Gasteiger partial charge is 0.238 e. The minimum atomic E-state index is 0.443. The van der Waals surface area contributed by atoms with Gasteiger partial charge in [0.25, 0.3) is 0 Å². The van der Waals surface area contributed by atoms with Crippen LogP contribution in [0.1, 0.15) is 5.56 Å². The van der Waals surface area contributed by atoms with Gasteiger partial charge in [0.1, 0.15) is 5.03 Å². The molecule has 0 unspecified atom stereocenters. The Kier molecular flexibility index (Phi) is 3.74. The maximum atomic E-state index is 5.24. The number of thioether (sulfide) groups is 1. The molecule has 1 heterocycles. The molecule has 1 aromatic carbocycles. The first-order chi connectivity index (χ1) is 7.88. The average Bonchev–Trinajstić information content (AvgIpc) is 2.38. The number of nitrogen functional groups attached to an aromatic ring is 1. The van der Waals surface area contributed by atoms with Gasteiger partial charge in [0.2, 0.25) is 5.95 Å². The van der Waals surface area contributed by atoms with Crippen LogP contribution in [0.4, 0.5) is 5.95 Å². The maximum Gasteiger partial charge on any atom is 0.238 e. The van der Waals surface area contributed by atoms with E-state index >= 15 is 0 Å². The van der Waals surface area contributed by atoms with Crippen molar-refractivity contribution in [2.24, 2.45) is 5.84 Å². The number of aromatic nitrogens is 2. The predicted molar refractivity (Wildman–Crippen MR) is 65.8 cm³/mol. The summed E-state index contributed by atoms with van der Waals surface area (Å²) in [6.45, 7) is 0. The third-order valence-electron chi connectivity index (χ3n) is 1.99. The second kappa shape index (κ2) is 5.48. The fourth-order valence-electron chi connectivity index (χ4n) is 1.22. The lowest BCUT2D eigenvalue weighted by molar-refractivity contribution is 1.03. The molecule has 0 aliphatic heterocycles. The molecule has 0 aliphatic carbocycles. The number of benzene rings is 1. The van der Waals surface area contributed by atoms with Gasteiger partial charge < -0.3 is 0 Å². The van der Waals surface area contributed by atoms with Gasteiger partial charge in [0, 0.05) is 11.9 Å². The van der Waals surface area contributed by atoms with Crippen molar-refractivity contribution in [2.75, 3.05) is 5.43 Å². The molecule has 0 spiro atoms. The van der Waals surface area contributed by atoms with Crippen molar-refractivity contribution in [3.05, 3.63) is 48.2 Å². The normalized spacial score (nSPS) is 10.1. The van der Waals surface area contributed by atoms with Crippen LogP contribution in [0.3, 0.4) is 0 Å². The van der Waals surface area contributed by atoms with Gasteiger partial charge in [-0.15, -0.1) is 11.8 Å². The van der Waals surface area contributed by atoms with E-state index < -0.39 is 0 Å². The Hall–Kier alpha value is -1.59. The number of nitrogens with two attached hydrogens (primary N) is 1. The Bertz CT molecular complexity index is 447. The summed E-state index contributed by atoms with van der Waals surface area (Å²) < 4.78 is 0. The van der Waals surface area contributed by atoms with E-state index in [2.05, 4.69) is 27.5 Å². The highest BCUT2D eigenvalue weighted by Gasteiger charge is 1.99. The molecular formula is C11H12N4S. The molecular weight excluding hydrogens is 220 g/mol. The van der Waals surface area contributed by atoms with Crippen LogP contribution in [0, 0.1) is 0 Å². The zero-order valence-electron chi connectivity index (χ0n) is 8.63. The lowest BCUT2D eigenvalue weighted by atomic mass is 10.2. The van der Waals surface area contributed by atoms with Crippen molar-refractivity contribution in [1.29, 1.82) is 0 Å². The van der Waals surface area contributed by atoms with Crippen molar-refractivity contribution in [2.45, 2.75) is 10.8 Å². The molecule has 3 N–H and O–H groups in total. The number of rotatable bonds is 4. The van der Waals surface area contributed by atoms with Gasteiger partial charge in [-0.1, -0.05) is 30.3 Å². The standard InChI is InChI=1S/C11H12N4S/c12-15-11-13-7-6-10(14-11)16-8-9-4-2-1-3-5-9/h1-7H,8,12H2,(H,13,14,15). The summed E-state index contributed by atoms with van der Waals surface area (Å²) in [6.07, 6.45) is 1.69. The van der Waals surface area contributed by atoms with Crippen molar-refractivity contribution in [3.8, 4) is 0 Å². The minimum absolute atomic E-state index is 0.443. The van der Waals surface area contributed by atoms with Crippen molar-refractivity contribution in [1.82, 2.24) is 9.97 Å². The fraction of sp³-hybridized carbons (Fsp3) is 0.0909. The van der Waals surface area contributed by atoms with Gasteiger partial charge in [0.05, 0.1) is 0 Å². The third-order valence-corrected chi connectivity index (χ3v) is 2.99. The van der Waals surface area contributed by atoms with E-state index in [1.54, 1.807) is 18.0 Å². The van der Waals surface area contributed by atoms with Crippen LogP contribution >= 0.6 is 11.8 Å². The van der Waals surface area contributed by atoms with Crippen LogP contribution in [-0.4, -0.2) is 9.97 Å². The lowest BCUT2D eigenvalue weighted by Crippen LogP contribution is -2.10. The molecule has 0 fully saturated rings. The summed E-state index contributed by atoms with van der Waals surface area (Å²) in [4.78, 5) is 8.17. The predicted octanol–water partition coefficient (Wildman–Crippen LogP) is 2.05.